The molecule has 0 saturated heterocycles. The topological polar surface area (TPSA) is 13.1 Å². The highest BCUT2D eigenvalue weighted by molar-refractivity contribution is 5.72. The van der Waals surface area contributed by atoms with Gasteiger partial charge >= 0.3 is 0 Å². The van der Waals surface area contributed by atoms with Crippen LogP contribution in [0.1, 0.15) is 70.4 Å². The van der Waals surface area contributed by atoms with E-state index in [1.54, 1.807) is 0 Å². The van der Waals surface area contributed by atoms with Crippen molar-refractivity contribution in [3.8, 4) is 0 Å². The van der Waals surface area contributed by atoms with Gasteiger partial charge in [-0.05, 0) is 60.6 Å². The summed E-state index contributed by atoms with van der Waals surface area (Å²) in [6.45, 7) is 9.45. The lowest BCUT2D eigenvalue weighted by Gasteiger charge is -2.37. The molecule has 20 heavy (non-hydrogen) atoms. The van der Waals surface area contributed by atoms with Crippen molar-refractivity contribution in [3.05, 3.63) is 23.3 Å². The number of aryl methyl sites for hydroxylation is 1. The first-order valence-electron chi connectivity index (χ1n) is 8.44. The van der Waals surface area contributed by atoms with Crippen LogP contribution in [0.25, 0.3) is 11.2 Å². The van der Waals surface area contributed by atoms with Crippen LogP contribution in [0.15, 0.2) is 16.5 Å². The fourth-order valence-electron chi connectivity index (χ4n) is 4.27. The molecule has 1 fully saturated rings. The molecule has 0 N–H and O–H groups in total. The average Bonchev–Trinajstić information content (AvgIpc) is 2.98. The van der Waals surface area contributed by atoms with E-state index in [4.69, 9.17) is 4.42 Å². The molecule has 0 amide bonds. The Hall–Kier alpha value is -0.980. The van der Waals surface area contributed by atoms with Crippen LogP contribution in [-0.4, -0.2) is 0 Å². The minimum atomic E-state index is 0.715. The summed E-state index contributed by atoms with van der Waals surface area (Å²) in [5, 5.41) is 0. The summed E-state index contributed by atoms with van der Waals surface area (Å²) in [6.07, 6.45) is 6.49. The SMILES string of the molecule is CCCc1cc2cc(C3CC(C)CCC3C(C)C)c1o2. The van der Waals surface area contributed by atoms with Crippen LogP contribution in [0.3, 0.4) is 0 Å². The number of benzene rings is 1. The molecular formula is C19H28O. The standard InChI is InChI=1S/C19H28O/c1-5-6-14-10-15-11-18(19(14)20-15)17-9-13(4)7-8-16(17)12(2)3/h10-13,16-17H,5-9H2,1-4H3. The van der Waals surface area contributed by atoms with Gasteiger partial charge in [-0.3, -0.25) is 0 Å². The fraction of sp³-hybridized carbons (Fsp3) is 0.684. The van der Waals surface area contributed by atoms with E-state index in [2.05, 4.69) is 39.8 Å². The zero-order valence-corrected chi connectivity index (χ0v) is 13.4. The fourth-order valence-corrected chi connectivity index (χ4v) is 4.27. The summed E-state index contributed by atoms with van der Waals surface area (Å²) in [5.41, 5.74) is 5.29. The number of rotatable bonds is 4. The van der Waals surface area contributed by atoms with Crippen molar-refractivity contribution in [2.75, 3.05) is 0 Å². The van der Waals surface area contributed by atoms with E-state index in [9.17, 15) is 0 Å². The molecular weight excluding hydrogens is 244 g/mol. The van der Waals surface area contributed by atoms with Gasteiger partial charge in [0.05, 0.1) is 0 Å². The number of fused-ring (bicyclic) bond motifs is 2. The van der Waals surface area contributed by atoms with E-state index in [0.717, 1.165) is 29.8 Å². The molecule has 2 aromatic rings. The monoisotopic (exact) mass is 272 g/mol. The van der Waals surface area contributed by atoms with Crippen LogP contribution < -0.4 is 0 Å². The maximum atomic E-state index is 6.01. The Labute approximate surface area is 123 Å². The van der Waals surface area contributed by atoms with Crippen molar-refractivity contribution < 1.29 is 4.42 Å². The quantitative estimate of drug-likeness (QED) is 0.665. The summed E-state index contributed by atoms with van der Waals surface area (Å²) in [7, 11) is 0. The van der Waals surface area contributed by atoms with Gasteiger partial charge in [0.1, 0.15) is 11.2 Å². The Bertz CT molecular complexity index is 551. The molecule has 2 bridgehead atoms. The van der Waals surface area contributed by atoms with Crippen molar-refractivity contribution in [3.63, 3.8) is 0 Å². The van der Waals surface area contributed by atoms with Gasteiger partial charge in [0, 0.05) is 5.56 Å². The highest BCUT2D eigenvalue weighted by atomic mass is 16.3. The van der Waals surface area contributed by atoms with Crippen LogP contribution >= 0.6 is 0 Å². The third-order valence-electron chi connectivity index (χ3n) is 5.33. The Morgan fingerprint density at radius 2 is 2.05 bits per heavy atom. The van der Waals surface area contributed by atoms with Crippen LogP contribution in [0, 0.1) is 17.8 Å². The van der Waals surface area contributed by atoms with Crippen molar-refractivity contribution >= 4 is 11.2 Å². The normalized spacial score (nSPS) is 27.8. The largest absolute Gasteiger partial charge is 0.457 e. The smallest absolute Gasteiger partial charge is 0.134 e. The number of furan rings is 2. The van der Waals surface area contributed by atoms with Gasteiger partial charge in [-0.2, -0.15) is 0 Å². The van der Waals surface area contributed by atoms with Crippen LogP contribution in [0.4, 0.5) is 0 Å². The summed E-state index contributed by atoms with van der Waals surface area (Å²) >= 11 is 0. The van der Waals surface area contributed by atoms with Crippen molar-refractivity contribution in [2.24, 2.45) is 17.8 Å². The zero-order valence-electron chi connectivity index (χ0n) is 13.4. The van der Waals surface area contributed by atoms with Gasteiger partial charge in [0.2, 0.25) is 0 Å². The van der Waals surface area contributed by atoms with E-state index >= 15 is 0 Å². The van der Waals surface area contributed by atoms with Crippen molar-refractivity contribution in [1.82, 2.24) is 0 Å². The third-order valence-corrected chi connectivity index (χ3v) is 5.33. The minimum absolute atomic E-state index is 0.715. The number of hydrogen-bond donors (Lipinski definition) is 0. The molecule has 2 heterocycles. The van der Waals surface area contributed by atoms with Gasteiger partial charge in [-0.25, -0.2) is 0 Å². The van der Waals surface area contributed by atoms with Gasteiger partial charge in [-0.1, -0.05) is 40.5 Å². The minimum Gasteiger partial charge on any atom is -0.457 e. The highest BCUT2D eigenvalue weighted by Gasteiger charge is 2.34. The Morgan fingerprint density at radius 1 is 1.25 bits per heavy atom. The molecule has 1 aliphatic carbocycles. The molecule has 2 aromatic heterocycles. The van der Waals surface area contributed by atoms with E-state index in [1.807, 2.05) is 0 Å². The number of hydrogen-bond acceptors (Lipinski definition) is 1. The second kappa shape index (κ2) is 5.42. The molecule has 3 atom stereocenters. The first-order valence-corrected chi connectivity index (χ1v) is 8.44. The summed E-state index contributed by atoms with van der Waals surface area (Å²) < 4.78 is 6.01. The second-order valence-corrected chi connectivity index (χ2v) is 7.29. The predicted molar refractivity (Wildman–Crippen MR) is 85.5 cm³/mol. The van der Waals surface area contributed by atoms with Gasteiger partial charge in [0.15, 0.2) is 0 Å². The van der Waals surface area contributed by atoms with E-state index in [1.165, 1.54) is 42.4 Å². The van der Waals surface area contributed by atoms with Crippen molar-refractivity contribution in [2.45, 2.75) is 65.7 Å². The van der Waals surface area contributed by atoms with Gasteiger partial charge in [-0.15, -0.1) is 0 Å². The lowest BCUT2D eigenvalue weighted by molar-refractivity contribution is 0.198. The molecule has 1 heteroatoms. The van der Waals surface area contributed by atoms with E-state index < -0.39 is 0 Å². The summed E-state index contributed by atoms with van der Waals surface area (Å²) in [6, 6.07) is 4.57. The molecule has 3 rings (SSSR count). The molecule has 0 aromatic carbocycles. The van der Waals surface area contributed by atoms with Crippen LogP contribution in [0.5, 0.6) is 0 Å². The van der Waals surface area contributed by atoms with Gasteiger partial charge in [0.25, 0.3) is 0 Å². The third kappa shape index (κ3) is 2.36. The molecule has 1 nitrogen and oxygen atoms in total. The van der Waals surface area contributed by atoms with Crippen LogP contribution in [-0.2, 0) is 6.42 Å². The van der Waals surface area contributed by atoms with Crippen molar-refractivity contribution in [1.29, 1.82) is 0 Å². The maximum absolute atomic E-state index is 6.01. The van der Waals surface area contributed by atoms with E-state index in [0.29, 0.717) is 5.92 Å². The van der Waals surface area contributed by atoms with Crippen LogP contribution in [0.2, 0.25) is 0 Å². The average molecular weight is 272 g/mol. The molecule has 3 unspecified atom stereocenters. The molecule has 110 valence electrons. The summed E-state index contributed by atoms with van der Waals surface area (Å²) in [4.78, 5) is 0. The first kappa shape index (κ1) is 14.0. The molecule has 1 aliphatic rings. The molecule has 0 radical (unpaired) electrons. The lowest BCUT2D eigenvalue weighted by Crippen LogP contribution is -2.26. The first-order chi connectivity index (χ1) is 9.60. The lowest BCUT2D eigenvalue weighted by atomic mass is 9.67. The Morgan fingerprint density at radius 3 is 2.70 bits per heavy atom. The highest BCUT2D eigenvalue weighted by Crippen LogP contribution is 2.47. The Kier molecular flexibility index (Phi) is 3.79. The predicted octanol–water partition coefficient (Wildman–Crippen LogP) is 6.00. The zero-order chi connectivity index (χ0) is 14.3. The molecule has 0 spiro atoms. The van der Waals surface area contributed by atoms with E-state index in [-0.39, 0.29) is 0 Å². The second-order valence-electron chi connectivity index (χ2n) is 7.29. The van der Waals surface area contributed by atoms with Gasteiger partial charge < -0.3 is 4.42 Å². The maximum Gasteiger partial charge on any atom is 0.134 e. The summed E-state index contributed by atoms with van der Waals surface area (Å²) in [5.74, 6) is 3.18. The Balaban J connectivity index is 1.95. The molecule has 0 aliphatic heterocycles. The molecule has 1 saturated carbocycles.